The topological polar surface area (TPSA) is 217 Å². The molecule has 0 heterocycles. The van der Waals surface area contributed by atoms with Gasteiger partial charge in [-0.1, -0.05) is 54.6 Å². The van der Waals surface area contributed by atoms with E-state index in [1.807, 2.05) is 54.6 Å². The van der Waals surface area contributed by atoms with Gasteiger partial charge in [0.05, 0.1) is 5.69 Å². The molecule has 3 aromatic rings. The van der Waals surface area contributed by atoms with Crippen molar-refractivity contribution in [2.45, 2.75) is 169 Å². The Morgan fingerprint density at radius 3 is 1.65 bits per heavy atom. The molecule has 0 spiro atoms. The number of urea groups is 1. The van der Waals surface area contributed by atoms with Crippen LogP contribution in [0.4, 0.5) is 20.1 Å². The lowest BCUT2D eigenvalue weighted by Gasteiger charge is -2.27. The first-order chi connectivity index (χ1) is 31.5. The van der Waals surface area contributed by atoms with Crippen molar-refractivity contribution in [1.82, 2.24) is 21.3 Å². The summed E-state index contributed by atoms with van der Waals surface area (Å²) in [5.41, 5.74) is -1.54. The van der Waals surface area contributed by atoms with Crippen molar-refractivity contribution in [1.29, 1.82) is 0 Å². The summed E-state index contributed by atoms with van der Waals surface area (Å²) in [6, 6.07) is 15.9. The second-order valence-corrected chi connectivity index (χ2v) is 20.5. The van der Waals surface area contributed by atoms with Crippen LogP contribution in [0.25, 0.3) is 10.8 Å². The SMILES string of the molecule is CN(C(=O)OC(C)(C)C)c1cc2ccccc2cc1C[C@@H](NC(=O)OCc1ccccc1)C(=O)NCCCC[C@H](NC(=O)N[C@@H](CCC(=O)OC(C)(C)C)C(=O)OC(C)(C)C)C(=O)OC(C)(C)C. The fourth-order valence-electron chi connectivity index (χ4n) is 6.58. The highest BCUT2D eigenvalue weighted by Crippen LogP contribution is 2.29. The van der Waals surface area contributed by atoms with Crippen LogP contribution in [0.5, 0.6) is 0 Å². The van der Waals surface area contributed by atoms with Crippen LogP contribution in [-0.4, -0.2) is 96.2 Å². The van der Waals surface area contributed by atoms with Crippen molar-refractivity contribution in [3.8, 4) is 0 Å². The fraction of sp³-hybridized carbons (Fsp3) is 0.549. The zero-order valence-electron chi connectivity index (χ0n) is 42.1. The molecule has 17 heteroatoms. The maximum atomic E-state index is 14.0. The Morgan fingerprint density at radius 2 is 1.10 bits per heavy atom. The highest BCUT2D eigenvalue weighted by Gasteiger charge is 2.32. The quantitative estimate of drug-likeness (QED) is 0.0508. The molecule has 0 fully saturated rings. The molecular formula is C51H73N5O12. The van der Waals surface area contributed by atoms with E-state index in [1.54, 1.807) is 102 Å². The molecule has 0 bridgehead atoms. The number of anilines is 1. The van der Waals surface area contributed by atoms with Gasteiger partial charge in [0.25, 0.3) is 0 Å². The number of benzene rings is 3. The standard InChI is InChI=1S/C51H73N5O12/c1-48(2,3)65-41(57)27-26-38(44(60)67-50(7,8)9)54-45(61)53-37(43(59)66-49(4,5)6)25-19-20-28-52-42(58)39(55-46(62)64-32-33-21-15-14-16-22-33)30-36-29-34-23-17-18-24-35(34)31-40(36)56(13)47(63)68-51(10,11)12/h14-18,21-24,29,31,37-39H,19-20,25-28,30,32H2,1-13H3,(H,52,58)(H,55,62)(H2,53,54,61)/t37-,38-,39+/m0/s1. The Bertz CT molecular complexity index is 2200. The van der Waals surface area contributed by atoms with Crippen molar-refractivity contribution >= 4 is 58.5 Å². The van der Waals surface area contributed by atoms with E-state index in [2.05, 4.69) is 21.3 Å². The molecule has 5 amide bonds. The Kier molecular flexibility index (Phi) is 20.2. The van der Waals surface area contributed by atoms with E-state index in [9.17, 15) is 33.6 Å². The van der Waals surface area contributed by atoms with Gasteiger partial charge in [0.1, 0.15) is 47.1 Å². The maximum Gasteiger partial charge on any atom is 0.414 e. The lowest BCUT2D eigenvalue weighted by Crippen LogP contribution is -2.53. The summed E-state index contributed by atoms with van der Waals surface area (Å²) in [7, 11) is 1.58. The third kappa shape index (κ3) is 21.1. The number of nitrogens with zero attached hydrogens (tertiary/aromatic N) is 1. The van der Waals surface area contributed by atoms with E-state index >= 15 is 0 Å². The summed E-state index contributed by atoms with van der Waals surface area (Å²) in [6.07, 6.45) is -1.08. The number of amides is 5. The summed E-state index contributed by atoms with van der Waals surface area (Å²) in [6.45, 7) is 20.6. The van der Waals surface area contributed by atoms with Gasteiger partial charge in [0.15, 0.2) is 0 Å². The Labute approximate surface area is 401 Å². The second-order valence-electron chi connectivity index (χ2n) is 20.5. The number of hydrogen-bond acceptors (Lipinski definition) is 12. The number of esters is 3. The van der Waals surface area contributed by atoms with Crippen LogP contribution in [-0.2, 0) is 55.9 Å². The highest BCUT2D eigenvalue weighted by atomic mass is 16.6. The van der Waals surface area contributed by atoms with Gasteiger partial charge in [-0.2, -0.15) is 0 Å². The molecule has 0 radical (unpaired) electrons. The number of carbonyl (C=O) groups excluding carboxylic acids is 7. The van der Waals surface area contributed by atoms with Crippen molar-refractivity contribution in [3.05, 3.63) is 77.9 Å². The van der Waals surface area contributed by atoms with Crippen LogP contribution >= 0.6 is 0 Å². The van der Waals surface area contributed by atoms with Crippen LogP contribution in [0.3, 0.4) is 0 Å². The van der Waals surface area contributed by atoms with Gasteiger partial charge in [-0.15, -0.1) is 0 Å². The average Bonchev–Trinajstić information content (AvgIpc) is 3.20. The molecule has 0 saturated heterocycles. The van der Waals surface area contributed by atoms with Gasteiger partial charge < -0.3 is 45.0 Å². The summed E-state index contributed by atoms with van der Waals surface area (Å²) in [5.74, 6) is -2.60. The molecule has 4 N–H and O–H groups in total. The Morgan fingerprint density at radius 1 is 0.588 bits per heavy atom. The lowest BCUT2D eigenvalue weighted by molar-refractivity contribution is -0.159. The summed E-state index contributed by atoms with van der Waals surface area (Å²) >= 11 is 0. The zero-order valence-corrected chi connectivity index (χ0v) is 42.1. The minimum Gasteiger partial charge on any atom is -0.460 e. The minimum absolute atomic E-state index is 0.0395. The van der Waals surface area contributed by atoms with Gasteiger partial charge in [-0.25, -0.2) is 24.0 Å². The smallest absolute Gasteiger partial charge is 0.414 e. The number of ether oxygens (including phenoxy) is 5. The van der Waals surface area contributed by atoms with Crippen molar-refractivity contribution in [2.24, 2.45) is 0 Å². The molecule has 0 aliphatic carbocycles. The van der Waals surface area contributed by atoms with E-state index in [1.165, 1.54) is 4.90 Å². The van der Waals surface area contributed by atoms with Crippen LogP contribution in [0.1, 0.15) is 126 Å². The molecule has 374 valence electrons. The van der Waals surface area contributed by atoms with E-state index in [0.717, 1.165) is 16.3 Å². The normalized spacial score (nSPS) is 13.2. The Balaban J connectivity index is 1.80. The molecular weight excluding hydrogens is 875 g/mol. The van der Waals surface area contributed by atoms with Crippen molar-refractivity contribution < 1.29 is 57.2 Å². The van der Waals surface area contributed by atoms with Crippen molar-refractivity contribution in [3.63, 3.8) is 0 Å². The van der Waals surface area contributed by atoms with E-state index in [-0.39, 0.29) is 38.8 Å². The van der Waals surface area contributed by atoms with Gasteiger partial charge in [0, 0.05) is 26.4 Å². The molecule has 0 aliphatic rings. The van der Waals surface area contributed by atoms with E-state index in [0.29, 0.717) is 24.1 Å². The number of nitrogens with one attached hydrogen (secondary N) is 4. The third-order valence-corrected chi connectivity index (χ3v) is 9.49. The number of rotatable bonds is 19. The van der Waals surface area contributed by atoms with Gasteiger partial charge >= 0.3 is 36.1 Å². The first kappa shape index (κ1) is 55.9. The summed E-state index contributed by atoms with van der Waals surface area (Å²) in [4.78, 5) is 94.6. The Hall–Kier alpha value is -6.39. The summed E-state index contributed by atoms with van der Waals surface area (Å²) in [5, 5.41) is 12.5. The summed E-state index contributed by atoms with van der Waals surface area (Å²) < 4.78 is 27.7. The van der Waals surface area contributed by atoms with Gasteiger partial charge in [-0.3, -0.25) is 14.5 Å². The molecule has 0 aromatic heterocycles. The molecule has 68 heavy (non-hydrogen) atoms. The monoisotopic (exact) mass is 948 g/mol. The molecule has 3 aromatic carbocycles. The number of alkyl carbamates (subject to hydrolysis) is 1. The van der Waals surface area contributed by atoms with Crippen molar-refractivity contribution in [2.75, 3.05) is 18.5 Å². The predicted molar refractivity (Wildman–Crippen MR) is 259 cm³/mol. The number of hydrogen-bond donors (Lipinski definition) is 4. The average molecular weight is 948 g/mol. The predicted octanol–water partition coefficient (Wildman–Crippen LogP) is 8.18. The molecule has 0 saturated carbocycles. The molecule has 17 nitrogen and oxygen atoms in total. The largest absolute Gasteiger partial charge is 0.460 e. The lowest BCUT2D eigenvalue weighted by atomic mass is 9.98. The van der Waals surface area contributed by atoms with Crippen LogP contribution in [0, 0.1) is 0 Å². The van der Waals surface area contributed by atoms with Gasteiger partial charge in [0.2, 0.25) is 5.91 Å². The fourth-order valence-corrected chi connectivity index (χ4v) is 6.58. The first-order valence-corrected chi connectivity index (χ1v) is 23.0. The second kappa shape index (κ2) is 24.6. The number of unbranched alkanes of at least 4 members (excludes halogenated alkanes) is 1. The highest BCUT2D eigenvalue weighted by molar-refractivity contribution is 5.95. The van der Waals surface area contributed by atoms with Gasteiger partial charge in [-0.05, 0) is 143 Å². The number of fused-ring (bicyclic) bond motifs is 1. The first-order valence-electron chi connectivity index (χ1n) is 23.0. The molecule has 3 rings (SSSR count). The van der Waals surface area contributed by atoms with E-state index < -0.39 is 82.6 Å². The van der Waals surface area contributed by atoms with Crippen LogP contribution in [0.15, 0.2) is 66.7 Å². The molecule has 3 atom stereocenters. The minimum atomic E-state index is -1.25. The maximum absolute atomic E-state index is 14.0. The molecule has 0 unspecified atom stereocenters. The molecule has 0 aliphatic heterocycles. The van der Waals surface area contributed by atoms with Crippen LogP contribution < -0.4 is 26.2 Å². The number of carbonyl (C=O) groups is 7. The third-order valence-electron chi connectivity index (χ3n) is 9.49. The van der Waals surface area contributed by atoms with E-state index in [4.69, 9.17) is 23.7 Å². The van der Waals surface area contributed by atoms with Crippen LogP contribution in [0.2, 0.25) is 0 Å². The zero-order chi connectivity index (χ0) is 51.0.